The predicted octanol–water partition coefficient (Wildman–Crippen LogP) is 2.81. The van der Waals surface area contributed by atoms with E-state index in [0.717, 1.165) is 0 Å². The Hall–Kier alpha value is -2.74. The third kappa shape index (κ3) is 2.50. The summed E-state index contributed by atoms with van der Waals surface area (Å²) in [7, 11) is 0. The SMILES string of the molecule is O=C=Nc1cccc(N=C=O)c1Cc1ccco1. The van der Waals surface area contributed by atoms with Crippen molar-refractivity contribution < 1.29 is 14.0 Å². The van der Waals surface area contributed by atoms with Crippen LogP contribution in [-0.4, -0.2) is 12.2 Å². The van der Waals surface area contributed by atoms with Crippen molar-refractivity contribution in [2.45, 2.75) is 6.42 Å². The summed E-state index contributed by atoms with van der Waals surface area (Å²) in [5, 5.41) is 0. The van der Waals surface area contributed by atoms with Crippen LogP contribution < -0.4 is 0 Å². The Labute approximate surface area is 102 Å². The summed E-state index contributed by atoms with van der Waals surface area (Å²) in [6.45, 7) is 0. The van der Waals surface area contributed by atoms with E-state index in [0.29, 0.717) is 29.1 Å². The molecule has 0 amide bonds. The van der Waals surface area contributed by atoms with Crippen LogP contribution in [0.4, 0.5) is 11.4 Å². The Morgan fingerprint density at radius 1 is 1.00 bits per heavy atom. The zero-order valence-corrected chi connectivity index (χ0v) is 9.29. The van der Waals surface area contributed by atoms with Crippen LogP contribution in [0.5, 0.6) is 0 Å². The van der Waals surface area contributed by atoms with E-state index in [1.165, 1.54) is 12.2 Å². The van der Waals surface area contributed by atoms with E-state index < -0.39 is 0 Å². The molecule has 0 atom stereocenters. The van der Waals surface area contributed by atoms with Gasteiger partial charge < -0.3 is 4.42 Å². The monoisotopic (exact) mass is 240 g/mol. The number of nitrogens with zero attached hydrogens (tertiary/aromatic N) is 2. The molecule has 1 aromatic carbocycles. The molecule has 0 N–H and O–H groups in total. The van der Waals surface area contributed by atoms with E-state index in [9.17, 15) is 9.59 Å². The average molecular weight is 240 g/mol. The normalized spacial score (nSPS) is 9.33. The first-order chi connectivity index (χ1) is 8.85. The molecule has 2 aromatic rings. The van der Waals surface area contributed by atoms with Gasteiger partial charge in [0.25, 0.3) is 0 Å². The maximum Gasteiger partial charge on any atom is 0.240 e. The summed E-state index contributed by atoms with van der Waals surface area (Å²) < 4.78 is 5.22. The molecule has 0 bridgehead atoms. The van der Waals surface area contributed by atoms with Gasteiger partial charge in [-0.2, -0.15) is 9.98 Å². The van der Waals surface area contributed by atoms with E-state index in [2.05, 4.69) is 9.98 Å². The zero-order valence-electron chi connectivity index (χ0n) is 9.29. The molecule has 1 heterocycles. The minimum absolute atomic E-state index is 0.384. The van der Waals surface area contributed by atoms with Gasteiger partial charge in [0.1, 0.15) is 5.76 Å². The first-order valence-electron chi connectivity index (χ1n) is 5.15. The highest BCUT2D eigenvalue weighted by Crippen LogP contribution is 2.30. The molecule has 0 saturated carbocycles. The number of hydrogen-bond donors (Lipinski definition) is 0. The molecule has 2 rings (SSSR count). The second-order valence-electron chi connectivity index (χ2n) is 3.44. The molecule has 0 aliphatic heterocycles. The molecule has 5 heteroatoms. The van der Waals surface area contributed by atoms with Gasteiger partial charge in [-0.3, -0.25) is 0 Å². The fourth-order valence-corrected chi connectivity index (χ4v) is 1.64. The number of furan rings is 1. The molecule has 88 valence electrons. The Morgan fingerprint density at radius 2 is 1.67 bits per heavy atom. The van der Waals surface area contributed by atoms with Crippen molar-refractivity contribution in [3.63, 3.8) is 0 Å². The molecule has 0 spiro atoms. The summed E-state index contributed by atoms with van der Waals surface area (Å²) in [5.74, 6) is 0.686. The van der Waals surface area contributed by atoms with E-state index in [-0.39, 0.29) is 0 Å². The highest BCUT2D eigenvalue weighted by molar-refractivity contribution is 5.66. The Bertz CT molecular complexity index is 598. The van der Waals surface area contributed by atoms with Crippen molar-refractivity contribution in [3.05, 3.63) is 47.9 Å². The van der Waals surface area contributed by atoms with Gasteiger partial charge in [0.15, 0.2) is 0 Å². The number of aliphatic imine (C=N–C) groups is 2. The van der Waals surface area contributed by atoms with E-state index in [4.69, 9.17) is 4.42 Å². The standard InChI is InChI=1S/C13H8N2O3/c16-8-14-12-4-1-5-13(15-9-17)11(12)7-10-3-2-6-18-10/h1-6H,7H2. The van der Waals surface area contributed by atoms with E-state index in [1.807, 2.05) is 0 Å². The third-order valence-electron chi connectivity index (χ3n) is 2.39. The fraction of sp³-hybridized carbons (Fsp3) is 0.0769. The molecule has 5 nitrogen and oxygen atoms in total. The molecule has 0 aliphatic carbocycles. The molecule has 1 aromatic heterocycles. The Balaban J connectivity index is 2.52. The molecule has 0 radical (unpaired) electrons. The van der Waals surface area contributed by atoms with Crippen LogP contribution in [0.2, 0.25) is 0 Å². The van der Waals surface area contributed by atoms with Crippen LogP contribution in [0.25, 0.3) is 0 Å². The summed E-state index contributed by atoms with van der Waals surface area (Å²) in [4.78, 5) is 27.9. The summed E-state index contributed by atoms with van der Waals surface area (Å²) in [5.41, 5.74) is 1.45. The van der Waals surface area contributed by atoms with Crippen molar-refractivity contribution in [2.24, 2.45) is 9.98 Å². The Kier molecular flexibility index (Phi) is 3.62. The molecule has 0 saturated heterocycles. The summed E-state index contributed by atoms with van der Waals surface area (Å²) in [6, 6.07) is 8.48. The van der Waals surface area contributed by atoms with Crippen molar-refractivity contribution in [1.29, 1.82) is 0 Å². The topological polar surface area (TPSA) is 72.0 Å². The molecular formula is C13H8N2O3. The maximum absolute atomic E-state index is 10.4. The van der Waals surface area contributed by atoms with Gasteiger partial charge in [0.05, 0.1) is 17.6 Å². The second kappa shape index (κ2) is 5.55. The average Bonchev–Trinajstić information content (AvgIpc) is 2.87. The Morgan fingerprint density at radius 3 is 2.17 bits per heavy atom. The molecule has 0 aliphatic rings. The van der Waals surface area contributed by atoms with E-state index in [1.54, 1.807) is 36.6 Å². The smallest absolute Gasteiger partial charge is 0.240 e. The highest BCUT2D eigenvalue weighted by Gasteiger charge is 2.10. The summed E-state index contributed by atoms with van der Waals surface area (Å²) in [6.07, 6.45) is 4.88. The van der Waals surface area contributed by atoms with Crippen LogP contribution in [0.15, 0.2) is 51.0 Å². The van der Waals surface area contributed by atoms with Gasteiger partial charge in [-0.25, -0.2) is 9.59 Å². The first-order valence-corrected chi connectivity index (χ1v) is 5.15. The molecule has 0 unspecified atom stereocenters. The minimum atomic E-state index is 0.384. The predicted molar refractivity (Wildman–Crippen MR) is 63.5 cm³/mol. The van der Waals surface area contributed by atoms with Gasteiger partial charge in [0, 0.05) is 12.0 Å². The first kappa shape index (κ1) is 11.7. The third-order valence-corrected chi connectivity index (χ3v) is 2.39. The zero-order chi connectivity index (χ0) is 12.8. The molecule has 18 heavy (non-hydrogen) atoms. The van der Waals surface area contributed by atoms with Crippen LogP contribution in [0, 0.1) is 0 Å². The van der Waals surface area contributed by atoms with Crippen molar-refractivity contribution >= 4 is 23.5 Å². The van der Waals surface area contributed by atoms with Crippen LogP contribution in [-0.2, 0) is 16.0 Å². The number of isocyanates is 2. The van der Waals surface area contributed by atoms with Crippen molar-refractivity contribution in [2.75, 3.05) is 0 Å². The highest BCUT2D eigenvalue weighted by atomic mass is 16.3. The second-order valence-corrected chi connectivity index (χ2v) is 3.44. The molecule has 0 fully saturated rings. The van der Waals surface area contributed by atoms with Gasteiger partial charge in [-0.15, -0.1) is 0 Å². The van der Waals surface area contributed by atoms with Crippen LogP contribution >= 0.6 is 0 Å². The van der Waals surface area contributed by atoms with Gasteiger partial charge in [0.2, 0.25) is 12.2 Å². The van der Waals surface area contributed by atoms with Crippen LogP contribution in [0.3, 0.4) is 0 Å². The lowest BCUT2D eigenvalue weighted by molar-refractivity contribution is 0.521. The number of benzene rings is 1. The van der Waals surface area contributed by atoms with Crippen molar-refractivity contribution in [3.8, 4) is 0 Å². The van der Waals surface area contributed by atoms with E-state index >= 15 is 0 Å². The maximum atomic E-state index is 10.4. The van der Waals surface area contributed by atoms with Crippen molar-refractivity contribution in [1.82, 2.24) is 0 Å². The molecular weight excluding hydrogens is 232 g/mol. The summed E-state index contributed by atoms with van der Waals surface area (Å²) >= 11 is 0. The largest absolute Gasteiger partial charge is 0.469 e. The quantitative estimate of drug-likeness (QED) is 0.609. The number of hydrogen-bond acceptors (Lipinski definition) is 5. The van der Waals surface area contributed by atoms with Gasteiger partial charge in [-0.05, 0) is 24.3 Å². The van der Waals surface area contributed by atoms with Gasteiger partial charge >= 0.3 is 0 Å². The van der Waals surface area contributed by atoms with Crippen LogP contribution in [0.1, 0.15) is 11.3 Å². The minimum Gasteiger partial charge on any atom is -0.469 e. The van der Waals surface area contributed by atoms with Gasteiger partial charge in [-0.1, -0.05) is 6.07 Å². The number of rotatable bonds is 4. The lowest BCUT2D eigenvalue weighted by atomic mass is 10.1. The lowest BCUT2D eigenvalue weighted by Gasteiger charge is -2.05. The lowest BCUT2D eigenvalue weighted by Crippen LogP contribution is -1.88. The fourth-order valence-electron chi connectivity index (χ4n) is 1.64. The number of carbonyl (C=O) groups excluding carboxylic acids is 2.